The summed E-state index contributed by atoms with van der Waals surface area (Å²) in [4.78, 5) is 0. The zero-order chi connectivity index (χ0) is 10.7. The van der Waals surface area contributed by atoms with E-state index in [2.05, 4.69) is 38.3 Å². The molecule has 0 radical (unpaired) electrons. The van der Waals surface area contributed by atoms with Crippen LogP contribution < -0.4 is 10.6 Å². The summed E-state index contributed by atoms with van der Waals surface area (Å²) in [6.07, 6.45) is 1.25. The van der Waals surface area contributed by atoms with Crippen molar-refractivity contribution >= 4 is 0 Å². The molecule has 0 bridgehead atoms. The van der Waals surface area contributed by atoms with Crippen LogP contribution in [0, 0.1) is 0 Å². The van der Waals surface area contributed by atoms with Crippen molar-refractivity contribution in [2.45, 2.75) is 60.0 Å². The van der Waals surface area contributed by atoms with E-state index in [1.807, 2.05) is 13.8 Å². The van der Waals surface area contributed by atoms with Gasteiger partial charge < -0.3 is 10.6 Å². The third-order valence-electron chi connectivity index (χ3n) is 1.47. The van der Waals surface area contributed by atoms with E-state index in [1.165, 1.54) is 6.42 Å². The number of hydrogen-bond acceptors (Lipinski definition) is 2. The molecule has 2 nitrogen and oxygen atoms in total. The van der Waals surface area contributed by atoms with Crippen molar-refractivity contribution in [3.05, 3.63) is 0 Å². The first-order valence-corrected chi connectivity index (χ1v) is 5.67. The topological polar surface area (TPSA) is 24.1 Å². The van der Waals surface area contributed by atoms with Gasteiger partial charge in [-0.25, -0.2) is 0 Å². The molecule has 2 N–H and O–H groups in total. The minimum Gasteiger partial charge on any atom is -0.314 e. The molecule has 0 aromatic heterocycles. The Bertz CT molecular complexity index is 76.2. The molecule has 0 spiro atoms. The molecule has 0 saturated carbocycles. The van der Waals surface area contributed by atoms with Gasteiger partial charge in [-0.3, -0.25) is 0 Å². The van der Waals surface area contributed by atoms with Crippen molar-refractivity contribution in [1.82, 2.24) is 10.6 Å². The smallest absolute Gasteiger partial charge is 0.0167 e. The van der Waals surface area contributed by atoms with Crippen LogP contribution in [0.3, 0.4) is 0 Å². The minimum atomic E-state index is 0.652. The van der Waals surface area contributed by atoms with Crippen LogP contribution in [0.25, 0.3) is 0 Å². The van der Waals surface area contributed by atoms with Crippen molar-refractivity contribution in [2.24, 2.45) is 0 Å². The number of hydrogen-bond donors (Lipinski definition) is 2. The van der Waals surface area contributed by atoms with E-state index in [1.54, 1.807) is 0 Å². The maximum absolute atomic E-state index is 3.42. The minimum absolute atomic E-state index is 0.652. The highest BCUT2D eigenvalue weighted by molar-refractivity contribution is 4.76. The lowest BCUT2D eigenvalue weighted by molar-refractivity contribution is 0.370. The predicted octanol–water partition coefficient (Wildman–Crippen LogP) is 2.40. The maximum Gasteiger partial charge on any atom is 0.0167 e. The van der Waals surface area contributed by atoms with Crippen molar-refractivity contribution in [3.8, 4) is 0 Å². The van der Waals surface area contributed by atoms with Crippen molar-refractivity contribution in [1.29, 1.82) is 0 Å². The SMILES string of the molecule is CC.CC1CNCC(C)N1.CCC. The molecular weight excluding hydrogens is 160 g/mol. The molecule has 13 heavy (non-hydrogen) atoms. The van der Waals surface area contributed by atoms with Crippen LogP contribution in [0.15, 0.2) is 0 Å². The van der Waals surface area contributed by atoms with Crippen molar-refractivity contribution in [2.75, 3.05) is 13.1 Å². The van der Waals surface area contributed by atoms with Gasteiger partial charge in [0.1, 0.15) is 0 Å². The molecule has 2 atom stereocenters. The van der Waals surface area contributed by atoms with Gasteiger partial charge in [0, 0.05) is 25.2 Å². The molecule has 82 valence electrons. The quantitative estimate of drug-likeness (QED) is 0.610. The van der Waals surface area contributed by atoms with Gasteiger partial charge in [0.05, 0.1) is 0 Å². The maximum atomic E-state index is 3.42. The van der Waals surface area contributed by atoms with Crippen molar-refractivity contribution < 1.29 is 0 Å². The Morgan fingerprint density at radius 1 is 1.00 bits per heavy atom. The monoisotopic (exact) mass is 188 g/mol. The molecule has 0 amide bonds. The summed E-state index contributed by atoms with van der Waals surface area (Å²) in [5.74, 6) is 0. The lowest BCUT2D eigenvalue weighted by Crippen LogP contribution is -2.52. The third-order valence-corrected chi connectivity index (χ3v) is 1.47. The molecule has 1 aliphatic rings. The van der Waals surface area contributed by atoms with Gasteiger partial charge in [0.25, 0.3) is 0 Å². The second kappa shape index (κ2) is 11.9. The molecule has 1 saturated heterocycles. The van der Waals surface area contributed by atoms with E-state index in [4.69, 9.17) is 0 Å². The fraction of sp³-hybridized carbons (Fsp3) is 1.00. The molecular formula is C11H28N2. The van der Waals surface area contributed by atoms with Gasteiger partial charge in [0.2, 0.25) is 0 Å². The Labute approximate surface area is 84.5 Å². The first kappa shape index (κ1) is 15.4. The van der Waals surface area contributed by atoms with Crippen LogP contribution in [0.1, 0.15) is 48.0 Å². The third kappa shape index (κ3) is 11.9. The molecule has 0 aliphatic carbocycles. The summed E-state index contributed by atoms with van der Waals surface area (Å²) in [7, 11) is 0. The van der Waals surface area contributed by atoms with E-state index in [9.17, 15) is 0 Å². The van der Waals surface area contributed by atoms with Gasteiger partial charge in [-0.05, 0) is 13.8 Å². The Morgan fingerprint density at radius 2 is 1.31 bits per heavy atom. The molecule has 1 rings (SSSR count). The Hall–Kier alpha value is -0.0800. The fourth-order valence-corrected chi connectivity index (χ4v) is 1.12. The lowest BCUT2D eigenvalue weighted by atomic mass is 10.2. The van der Waals surface area contributed by atoms with E-state index < -0.39 is 0 Å². The summed E-state index contributed by atoms with van der Waals surface area (Å²) in [5, 5.41) is 6.74. The highest BCUT2D eigenvalue weighted by Crippen LogP contribution is 1.90. The second-order valence-corrected chi connectivity index (χ2v) is 3.33. The Kier molecular flexibility index (Phi) is 14.1. The van der Waals surface area contributed by atoms with Gasteiger partial charge in [-0.15, -0.1) is 0 Å². The number of piperazine rings is 1. The van der Waals surface area contributed by atoms with E-state index in [0.29, 0.717) is 12.1 Å². The Balaban J connectivity index is 0. The van der Waals surface area contributed by atoms with E-state index >= 15 is 0 Å². The molecule has 0 aromatic rings. The normalized spacial score (nSPS) is 26.3. The number of nitrogens with one attached hydrogen (secondary N) is 2. The highest BCUT2D eigenvalue weighted by atomic mass is 15.1. The molecule has 2 unspecified atom stereocenters. The van der Waals surface area contributed by atoms with Crippen LogP contribution in [-0.4, -0.2) is 25.2 Å². The lowest BCUT2D eigenvalue weighted by Gasteiger charge is -2.26. The van der Waals surface area contributed by atoms with Crippen LogP contribution in [-0.2, 0) is 0 Å². The first-order valence-electron chi connectivity index (χ1n) is 5.67. The van der Waals surface area contributed by atoms with Gasteiger partial charge in [-0.1, -0.05) is 34.1 Å². The molecule has 1 fully saturated rings. The molecule has 2 heteroatoms. The summed E-state index contributed by atoms with van der Waals surface area (Å²) in [6.45, 7) is 14.9. The van der Waals surface area contributed by atoms with Crippen LogP contribution in [0.2, 0.25) is 0 Å². The molecule has 1 aliphatic heterocycles. The van der Waals surface area contributed by atoms with E-state index in [-0.39, 0.29) is 0 Å². The summed E-state index contributed by atoms with van der Waals surface area (Å²) >= 11 is 0. The first-order chi connectivity index (χ1) is 6.20. The summed E-state index contributed by atoms with van der Waals surface area (Å²) in [6, 6.07) is 1.30. The van der Waals surface area contributed by atoms with Crippen molar-refractivity contribution in [3.63, 3.8) is 0 Å². The number of rotatable bonds is 0. The summed E-state index contributed by atoms with van der Waals surface area (Å²) in [5.41, 5.74) is 0. The zero-order valence-corrected chi connectivity index (χ0v) is 10.3. The van der Waals surface area contributed by atoms with Gasteiger partial charge >= 0.3 is 0 Å². The van der Waals surface area contributed by atoms with Crippen LogP contribution >= 0.6 is 0 Å². The van der Waals surface area contributed by atoms with Crippen LogP contribution in [0.4, 0.5) is 0 Å². The molecule has 1 heterocycles. The van der Waals surface area contributed by atoms with Gasteiger partial charge in [0.15, 0.2) is 0 Å². The average Bonchev–Trinajstić information content (AvgIpc) is 2.08. The largest absolute Gasteiger partial charge is 0.314 e. The van der Waals surface area contributed by atoms with E-state index in [0.717, 1.165) is 13.1 Å². The Morgan fingerprint density at radius 3 is 1.46 bits per heavy atom. The fourth-order valence-electron chi connectivity index (χ4n) is 1.12. The zero-order valence-electron chi connectivity index (χ0n) is 10.3. The summed E-state index contributed by atoms with van der Waals surface area (Å²) < 4.78 is 0. The standard InChI is InChI=1S/C6H14N2.C3H8.C2H6/c1-5-3-7-4-6(2)8-5;1-3-2;1-2/h5-8H,3-4H2,1-2H3;3H2,1-2H3;1-2H3. The predicted molar refractivity (Wildman–Crippen MR) is 62.2 cm³/mol. The second-order valence-electron chi connectivity index (χ2n) is 3.33. The average molecular weight is 188 g/mol. The molecule has 0 aromatic carbocycles. The highest BCUT2D eigenvalue weighted by Gasteiger charge is 2.11. The van der Waals surface area contributed by atoms with Crippen LogP contribution in [0.5, 0.6) is 0 Å². The van der Waals surface area contributed by atoms with Gasteiger partial charge in [-0.2, -0.15) is 0 Å².